The maximum atomic E-state index is 12.6. The largest absolute Gasteiger partial charge is 0.355 e. The third-order valence-electron chi connectivity index (χ3n) is 4.88. The van der Waals surface area contributed by atoms with Gasteiger partial charge in [0.25, 0.3) is 0 Å². The number of piperidine rings is 1. The number of carbonyl (C=O) groups excluding carboxylic acids is 1. The van der Waals surface area contributed by atoms with Crippen molar-refractivity contribution in [3.05, 3.63) is 36.0 Å². The number of rotatable bonds is 6. The molecule has 1 saturated heterocycles. The number of aromatic nitrogens is 4. The molecule has 3 rings (SSSR count). The molecular formula is C19H28N6O. The lowest BCUT2D eigenvalue weighted by molar-refractivity contribution is -0.125. The highest BCUT2D eigenvalue weighted by Crippen LogP contribution is 2.21. The van der Waals surface area contributed by atoms with Crippen LogP contribution in [0.25, 0.3) is 0 Å². The lowest BCUT2D eigenvalue weighted by atomic mass is 9.97. The second-order valence-electron chi connectivity index (χ2n) is 7.31. The van der Waals surface area contributed by atoms with Crippen molar-refractivity contribution in [2.75, 3.05) is 24.5 Å². The molecule has 1 amide bonds. The molecule has 0 bridgehead atoms. The van der Waals surface area contributed by atoms with Gasteiger partial charge in [-0.15, -0.1) is 0 Å². The SMILES string of the molecule is Cc1cc(C)n(C[C@H](C)CNC(=O)[C@@H]2CCCN(c3cnccn3)C2)n1. The molecule has 0 aliphatic carbocycles. The highest BCUT2D eigenvalue weighted by molar-refractivity contribution is 5.79. The van der Waals surface area contributed by atoms with E-state index in [0.717, 1.165) is 43.1 Å². The van der Waals surface area contributed by atoms with E-state index in [0.29, 0.717) is 19.0 Å². The normalized spacial score (nSPS) is 18.6. The summed E-state index contributed by atoms with van der Waals surface area (Å²) in [6, 6.07) is 2.08. The quantitative estimate of drug-likeness (QED) is 0.856. The molecule has 2 atom stereocenters. The van der Waals surface area contributed by atoms with Crippen LogP contribution < -0.4 is 10.2 Å². The summed E-state index contributed by atoms with van der Waals surface area (Å²) >= 11 is 0. The van der Waals surface area contributed by atoms with Gasteiger partial charge in [0, 0.05) is 44.3 Å². The predicted molar refractivity (Wildman–Crippen MR) is 101 cm³/mol. The molecule has 3 heterocycles. The van der Waals surface area contributed by atoms with Crippen molar-refractivity contribution in [2.45, 2.75) is 40.2 Å². The number of nitrogens with one attached hydrogen (secondary N) is 1. The standard InChI is InChI=1S/C19H28N6O/c1-14(12-25-16(3)9-15(2)23-25)10-22-19(26)17-5-4-8-24(13-17)18-11-20-6-7-21-18/h6-7,9,11,14,17H,4-5,8,10,12-13H2,1-3H3,(H,22,26)/t14-,17-/m1/s1. The van der Waals surface area contributed by atoms with E-state index in [1.165, 1.54) is 0 Å². The Labute approximate surface area is 154 Å². The molecule has 0 saturated carbocycles. The minimum absolute atomic E-state index is 0.00615. The van der Waals surface area contributed by atoms with Gasteiger partial charge < -0.3 is 10.2 Å². The summed E-state index contributed by atoms with van der Waals surface area (Å²) in [6.07, 6.45) is 7.04. The molecule has 0 aromatic carbocycles. The summed E-state index contributed by atoms with van der Waals surface area (Å²) in [5.41, 5.74) is 2.19. The summed E-state index contributed by atoms with van der Waals surface area (Å²) in [5, 5.41) is 7.62. The first-order valence-electron chi connectivity index (χ1n) is 9.32. The van der Waals surface area contributed by atoms with E-state index in [2.05, 4.69) is 45.2 Å². The minimum atomic E-state index is 0.00615. The van der Waals surface area contributed by atoms with Gasteiger partial charge >= 0.3 is 0 Å². The molecule has 26 heavy (non-hydrogen) atoms. The minimum Gasteiger partial charge on any atom is -0.355 e. The molecule has 2 aromatic rings. The number of carbonyl (C=O) groups is 1. The summed E-state index contributed by atoms with van der Waals surface area (Å²) in [4.78, 5) is 23.2. The fourth-order valence-electron chi connectivity index (χ4n) is 3.49. The molecule has 1 N–H and O–H groups in total. The Morgan fingerprint density at radius 3 is 2.92 bits per heavy atom. The van der Waals surface area contributed by atoms with Gasteiger partial charge in [0.2, 0.25) is 5.91 Å². The lowest BCUT2D eigenvalue weighted by Crippen LogP contribution is -2.44. The molecule has 1 aliphatic heterocycles. The highest BCUT2D eigenvalue weighted by atomic mass is 16.1. The van der Waals surface area contributed by atoms with Crippen LogP contribution in [-0.4, -0.2) is 45.3 Å². The topological polar surface area (TPSA) is 75.9 Å². The fraction of sp³-hybridized carbons (Fsp3) is 0.579. The van der Waals surface area contributed by atoms with Crippen LogP contribution in [0.5, 0.6) is 0 Å². The van der Waals surface area contributed by atoms with Crippen molar-refractivity contribution < 1.29 is 4.79 Å². The molecule has 2 aromatic heterocycles. The predicted octanol–water partition coefficient (Wildman–Crippen LogP) is 1.96. The first-order valence-corrected chi connectivity index (χ1v) is 9.32. The van der Waals surface area contributed by atoms with Crippen LogP contribution in [0.4, 0.5) is 5.82 Å². The van der Waals surface area contributed by atoms with E-state index in [-0.39, 0.29) is 11.8 Å². The molecular weight excluding hydrogens is 328 g/mol. The molecule has 1 fully saturated rings. The van der Waals surface area contributed by atoms with Crippen LogP contribution in [-0.2, 0) is 11.3 Å². The Hall–Kier alpha value is -2.44. The molecule has 0 unspecified atom stereocenters. The maximum absolute atomic E-state index is 12.6. The Bertz CT molecular complexity index is 729. The molecule has 1 aliphatic rings. The number of aryl methyl sites for hydroxylation is 2. The second-order valence-corrected chi connectivity index (χ2v) is 7.31. The van der Waals surface area contributed by atoms with Crippen molar-refractivity contribution in [1.82, 2.24) is 25.1 Å². The number of hydrogen-bond donors (Lipinski definition) is 1. The number of anilines is 1. The Kier molecular flexibility index (Phi) is 5.85. The van der Waals surface area contributed by atoms with E-state index >= 15 is 0 Å². The van der Waals surface area contributed by atoms with Crippen LogP contribution in [0, 0.1) is 25.7 Å². The second kappa shape index (κ2) is 8.29. The zero-order chi connectivity index (χ0) is 18.5. The van der Waals surface area contributed by atoms with Crippen LogP contribution in [0.15, 0.2) is 24.7 Å². The molecule has 7 nitrogen and oxygen atoms in total. The highest BCUT2D eigenvalue weighted by Gasteiger charge is 2.26. The van der Waals surface area contributed by atoms with Crippen LogP contribution in [0.2, 0.25) is 0 Å². The Balaban J connectivity index is 1.49. The van der Waals surface area contributed by atoms with Crippen LogP contribution in [0.1, 0.15) is 31.2 Å². The van der Waals surface area contributed by atoms with Gasteiger partial charge in [0.1, 0.15) is 5.82 Å². The van der Waals surface area contributed by atoms with E-state index in [1.54, 1.807) is 18.6 Å². The van der Waals surface area contributed by atoms with Gasteiger partial charge in [-0.25, -0.2) is 4.98 Å². The maximum Gasteiger partial charge on any atom is 0.224 e. The van der Waals surface area contributed by atoms with Gasteiger partial charge in [-0.1, -0.05) is 6.92 Å². The summed E-state index contributed by atoms with van der Waals surface area (Å²) in [7, 11) is 0. The van der Waals surface area contributed by atoms with Gasteiger partial charge in [-0.05, 0) is 38.7 Å². The van der Waals surface area contributed by atoms with Crippen molar-refractivity contribution in [3.63, 3.8) is 0 Å². The van der Waals surface area contributed by atoms with Crippen molar-refractivity contribution in [3.8, 4) is 0 Å². The third-order valence-corrected chi connectivity index (χ3v) is 4.88. The lowest BCUT2D eigenvalue weighted by Gasteiger charge is -2.32. The molecule has 0 radical (unpaired) electrons. The number of amides is 1. The number of hydrogen-bond acceptors (Lipinski definition) is 5. The third kappa shape index (κ3) is 4.59. The monoisotopic (exact) mass is 356 g/mol. The van der Waals surface area contributed by atoms with Gasteiger partial charge in [0.05, 0.1) is 17.8 Å². The van der Waals surface area contributed by atoms with Gasteiger partial charge in [0.15, 0.2) is 0 Å². The van der Waals surface area contributed by atoms with E-state index in [9.17, 15) is 4.79 Å². The van der Waals surface area contributed by atoms with Gasteiger partial charge in [-0.2, -0.15) is 5.10 Å². The van der Waals surface area contributed by atoms with Crippen molar-refractivity contribution in [1.29, 1.82) is 0 Å². The van der Waals surface area contributed by atoms with Crippen LogP contribution in [0.3, 0.4) is 0 Å². The first-order chi connectivity index (χ1) is 12.5. The fourth-order valence-corrected chi connectivity index (χ4v) is 3.49. The average Bonchev–Trinajstić information content (AvgIpc) is 2.97. The van der Waals surface area contributed by atoms with Crippen molar-refractivity contribution in [2.24, 2.45) is 11.8 Å². The van der Waals surface area contributed by atoms with Crippen LogP contribution >= 0.6 is 0 Å². The van der Waals surface area contributed by atoms with Crippen molar-refractivity contribution >= 4 is 11.7 Å². The molecule has 7 heteroatoms. The molecule has 0 spiro atoms. The zero-order valence-corrected chi connectivity index (χ0v) is 15.9. The smallest absolute Gasteiger partial charge is 0.224 e. The summed E-state index contributed by atoms with van der Waals surface area (Å²) in [6.45, 7) is 9.32. The summed E-state index contributed by atoms with van der Waals surface area (Å²) in [5.74, 6) is 1.32. The van der Waals surface area contributed by atoms with E-state index < -0.39 is 0 Å². The first kappa shape index (κ1) is 18.4. The Morgan fingerprint density at radius 1 is 1.38 bits per heavy atom. The number of nitrogens with zero attached hydrogens (tertiary/aromatic N) is 5. The average molecular weight is 356 g/mol. The molecule has 140 valence electrons. The Morgan fingerprint density at radius 2 is 2.23 bits per heavy atom. The zero-order valence-electron chi connectivity index (χ0n) is 15.9. The van der Waals surface area contributed by atoms with E-state index in [4.69, 9.17) is 0 Å². The van der Waals surface area contributed by atoms with E-state index in [1.807, 2.05) is 11.6 Å². The van der Waals surface area contributed by atoms with Gasteiger partial charge in [-0.3, -0.25) is 14.5 Å². The summed E-state index contributed by atoms with van der Waals surface area (Å²) < 4.78 is 2.02.